The third kappa shape index (κ3) is 3.67. The van der Waals surface area contributed by atoms with E-state index < -0.39 is 5.82 Å². The van der Waals surface area contributed by atoms with Gasteiger partial charge in [-0.15, -0.1) is 0 Å². The topological polar surface area (TPSA) is 30.0 Å². The van der Waals surface area contributed by atoms with Gasteiger partial charge in [0.25, 0.3) is 0 Å². The predicted octanol–water partition coefficient (Wildman–Crippen LogP) is 4.73. The van der Waals surface area contributed by atoms with E-state index in [0.717, 1.165) is 28.9 Å². The van der Waals surface area contributed by atoms with Crippen molar-refractivity contribution in [3.8, 4) is 0 Å². The first kappa shape index (κ1) is 15.6. The van der Waals surface area contributed by atoms with Crippen molar-refractivity contribution in [2.75, 3.05) is 0 Å². The molecule has 0 fully saturated rings. The third-order valence-corrected chi connectivity index (χ3v) is 4.09. The summed E-state index contributed by atoms with van der Waals surface area (Å²) in [5.41, 5.74) is 2.99. The molecule has 0 amide bonds. The van der Waals surface area contributed by atoms with Crippen LogP contribution in [-0.4, -0.2) is 11.3 Å². The van der Waals surface area contributed by atoms with Crippen LogP contribution in [0.1, 0.15) is 46.4 Å². The van der Waals surface area contributed by atoms with Gasteiger partial charge < -0.3 is 0 Å². The summed E-state index contributed by atoms with van der Waals surface area (Å²) in [4.78, 5) is 14.9. The van der Waals surface area contributed by atoms with Gasteiger partial charge in [-0.2, -0.15) is 0 Å². The monoisotopic (exact) mass is 305 g/mol. The molecule has 0 bridgehead atoms. The van der Waals surface area contributed by atoms with E-state index in [9.17, 15) is 9.18 Å². The van der Waals surface area contributed by atoms with Crippen molar-refractivity contribution >= 4 is 17.9 Å². The molecule has 0 aliphatic heterocycles. The van der Waals surface area contributed by atoms with E-state index in [2.05, 4.69) is 18.0 Å². The average Bonchev–Trinajstić information content (AvgIpc) is 2.49. The first-order chi connectivity index (χ1) is 10.0. The molecular formula is C17H17ClFNO. The number of rotatable bonds is 5. The van der Waals surface area contributed by atoms with Gasteiger partial charge in [0, 0.05) is 10.7 Å². The maximum absolute atomic E-state index is 13.3. The number of aryl methyl sites for hydroxylation is 1. The first-order valence-electron chi connectivity index (χ1n) is 6.90. The summed E-state index contributed by atoms with van der Waals surface area (Å²) in [6, 6.07) is 7.49. The molecule has 0 aliphatic carbocycles. The number of pyridine rings is 1. The second kappa shape index (κ2) is 6.81. The highest BCUT2D eigenvalue weighted by Crippen LogP contribution is 2.27. The number of hydrogen-bond acceptors (Lipinski definition) is 2. The lowest BCUT2D eigenvalue weighted by Crippen LogP contribution is -2.05. The Morgan fingerprint density at radius 3 is 2.76 bits per heavy atom. The second-order valence-corrected chi connectivity index (χ2v) is 5.54. The molecule has 0 aliphatic rings. The summed E-state index contributed by atoms with van der Waals surface area (Å²) in [5.74, 6) is -0.317. The van der Waals surface area contributed by atoms with Gasteiger partial charge in [-0.3, -0.25) is 9.78 Å². The molecule has 0 saturated heterocycles. The minimum atomic E-state index is -0.580. The molecule has 0 N–H and O–H groups in total. The number of aromatic nitrogens is 1. The number of carbonyl (C=O) groups excluding carboxylic acids is 1. The van der Waals surface area contributed by atoms with Crippen LogP contribution in [0.2, 0.25) is 5.02 Å². The first-order valence-corrected chi connectivity index (χ1v) is 7.28. The van der Waals surface area contributed by atoms with Crippen LogP contribution in [-0.2, 0) is 6.42 Å². The van der Waals surface area contributed by atoms with Gasteiger partial charge in [-0.25, -0.2) is 4.39 Å². The number of hydrogen-bond donors (Lipinski definition) is 0. The highest BCUT2D eigenvalue weighted by Gasteiger charge is 2.13. The molecule has 4 heteroatoms. The lowest BCUT2D eigenvalue weighted by Gasteiger charge is -2.16. The minimum absolute atomic E-state index is 0.0575. The van der Waals surface area contributed by atoms with Crippen LogP contribution in [0.25, 0.3) is 0 Å². The molecular weight excluding hydrogens is 289 g/mol. The van der Waals surface area contributed by atoms with Crippen LogP contribution in [0.4, 0.5) is 4.39 Å². The quantitative estimate of drug-likeness (QED) is 0.747. The predicted molar refractivity (Wildman–Crippen MR) is 82.5 cm³/mol. The molecule has 1 aromatic heterocycles. The molecule has 0 radical (unpaired) electrons. The van der Waals surface area contributed by atoms with Crippen LogP contribution >= 0.6 is 11.6 Å². The molecule has 0 unspecified atom stereocenters. The summed E-state index contributed by atoms with van der Waals surface area (Å²) < 4.78 is 13.3. The Hall–Kier alpha value is -1.74. The lowest BCUT2D eigenvalue weighted by molar-refractivity contribution is 0.111. The normalized spacial score (nSPS) is 12.2. The zero-order valence-electron chi connectivity index (χ0n) is 12.1. The number of benzene rings is 1. The molecule has 1 heterocycles. The Balaban J connectivity index is 2.26. The Labute approximate surface area is 129 Å². The number of carbonyl (C=O) groups is 1. The number of nitrogens with zero attached hydrogens (tertiary/aromatic N) is 1. The van der Waals surface area contributed by atoms with Crippen LogP contribution in [0.15, 0.2) is 30.5 Å². The van der Waals surface area contributed by atoms with Crippen LogP contribution in [0, 0.1) is 12.7 Å². The fourth-order valence-electron chi connectivity index (χ4n) is 2.37. The molecule has 0 spiro atoms. The maximum Gasteiger partial charge on any atom is 0.153 e. The van der Waals surface area contributed by atoms with Gasteiger partial charge in [-0.05, 0) is 48.9 Å². The molecule has 2 aromatic rings. The van der Waals surface area contributed by atoms with E-state index in [4.69, 9.17) is 11.6 Å². The van der Waals surface area contributed by atoms with Crippen molar-refractivity contribution < 1.29 is 9.18 Å². The van der Waals surface area contributed by atoms with Crippen molar-refractivity contribution in [1.82, 2.24) is 4.98 Å². The molecule has 21 heavy (non-hydrogen) atoms. The summed E-state index contributed by atoms with van der Waals surface area (Å²) in [6.07, 6.45) is 3.22. The zero-order chi connectivity index (χ0) is 15.4. The van der Waals surface area contributed by atoms with Crippen molar-refractivity contribution in [3.63, 3.8) is 0 Å². The van der Waals surface area contributed by atoms with E-state index in [1.54, 1.807) is 0 Å². The standard InChI is InChI=1S/C17H17ClFNO/c1-3-12(13-4-5-16(18)11(2)6-13)7-15-8-14(10-21)17(19)9-20-15/h4-6,8-10,12H,3,7H2,1-2H3/t12-/m0/s1. The van der Waals surface area contributed by atoms with Crippen molar-refractivity contribution in [2.24, 2.45) is 0 Å². The highest BCUT2D eigenvalue weighted by atomic mass is 35.5. The molecule has 0 saturated carbocycles. The van der Waals surface area contributed by atoms with Crippen LogP contribution < -0.4 is 0 Å². The molecule has 2 rings (SSSR count). The Kier molecular flexibility index (Phi) is 5.07. The van der Waals surface area contributed by atoms with E-state index in [-0.39, 0.29) is 11.5 Å². The summed E-state index contributed by atoms with van der Waals surface area (Å²) >= 11 is 6.05. The fourth-order valence-corrected chi connectivity index (χ4v) is 2.49. The molecule has 2 nitrogen and oxygen atoms in total. The van der Waals surface area contributed by atoms with Gasteiger partial charge >= 0.3 is 0 Å². The van der Waals surface area contributed by atoms with Gasteiger partial charge in [0.1, 0.15) is 0 Å². The van der Waals surface area contributed by atoms with Crippen molar-refractivity contribution in [2.45, 2.75) is 32.6 Å². The largest absolute Gasteiger partial charge is 0.298 e. The Bertz CT molecular complexity index is 657. The summed E-state index contributed by atoms with van der Waals surface area (Å²) in [6.45, 7) is 4.07. The fraction of sp³-hybridized carbons (Fsp3) is 0.294. The molecule has 110 valence electrons. The van der Waals surface area contributed by atoms with Crippen molar-refractivity contribution in [3.05, 3.63) is 63.7 Å². The SMILES string of the molecule is CC[C@@H](Cc1cc(C=O)c(F)cn1)c1ccc(Cl)c(C)c1. The third-order valence-electron chi connectivity index (χ3n) is 3.67. The van der Waals surface area contributed by atoms with Crippen LogP contribution in [0.3, 0.4) is 0 Å². The van der Waals surface area contributed by atoms with Gasteiger partial charge in [0.2, 0.25) is 0 Å². The Morgan fingerprint density at radius 1 is 1.38 bits per heavy atom. The van der Waals surface area contributed by atoms with E-state index in [1.165, 1.54) is 11.6 Å². The maximum atomic E-state index is 13.3. The smallest absolute Gasteiger partial charge is 0.153 e. The zero-order valence-corrected chi connectivity index (χ0v) is 12.8. The highest BCUT2D eigenvalue weighted by molar-refractivity contribution is 6.31. The van der Waals surface area contributed by atoms with Gasteiger partial charge in [0.15, 0.2) is 12.1 Å². The Morgan fingerprint density at radius 2 is 2.14 bits per heavy atom. The van der Waals surface area contributed by atoms with Gasteiger partial charge in [0.05, 0.1) is 11.8 Å². The van der Waals surface area contributed by atoms with Crippen LogP contribution in [0.5, 0.6) is 0 Å². The van der Waals surface area contributed by atoms with E-state index in [0.29, 0.717) is 12.7 Å². The lowest BCUT2D eigenvalue weighted by atomic mass is 9.90. The number of halogens is 2. The average molecular weight is 306 g/mol. The summed E-state index contributed by atoms with van der Waals surface area (Å²) in [5, 5.41) is 0.747. The van der Waals surface area contributed by atoms with E-state index in [1.807, 2.05) is 19.1 Å². The van der Waals surface area contributed by atoms with Crippen molar-refractivity contribution in [1.29, 1.82) is 0 Å². The van der Waals surface area contributed by atoms with E-state index >= 15 is 0 Å². The second-order valence-electron chi connectivity index (χ2n) is 5.13. The number of aldehydes is 1. The minimum Gasteiger partial charge on any atom is -0.298 e. The molecule has 1 aromatic carbocycles. The van der Waals surface area contributed by atoms with Gasteiger partial charge in [-0.1, -0.05) is 30.7 Å². The molecule has 1 atom stereocenters. The summed E-state index contributed by atoms with van der Waals surface area (Å²) in [7, 11) is 0.